The molecule has 3 unspecified atom stereocenters. The number of rotatable bonds is 2. The first-order valence-electron chi connectivity index (χ1n) is 5.31. The van der Waals surface area contributed by atoms with Gasteiger partial charge in [0.2, 0.25) is 0 Å². The Morgan fingerprint density at radius 1 is 1.31 bits per heavy atom. The molecule has 2 bridgehead atoms. The van der Waals surface area contributed by atoms with Gasteiger partial charge in [-0.25, -0.2) is 0 Å². The van der Waals surface area contributed by atoms with E-state index in [4.69, 9.17) is 0 Å². The highest BCUT2D eigenvalue weighted by molar-refractivity contribution is 5.10. The number of aliphatic hydroxyl groups excluding tert-OH is 2. The Balaban J connectivity index is 2.36. The van der Waals surface area contributed by atoms with Crippen molar-refractivity contribution in [3.05, 3.63) is 0 Å². The number of hydrogen-bond acceptors (Lipinski definition) is 2. The first-order valence-corrected chi connectivity index (χ1v) is 5.31. The fraction of sp³-hybridized carbons (Fsp3) is 1.00. The van der Waals surface area contributed by atoms with Gasteiger partial charge in [0.05, 0.1) is 13.2 Å². The van der Waals surface area contributed by atoms with Crippen LogP contribution in [-0.4, -0.2) is 23.4 Å². The van der Waals surface area contributed by atoms with E-state index < -0.39 is 0 Å². The average Bonchev–Trinajstić information content (AvgIpc) is 2.59. The third kappa shape index (κ3) is 0.909. The molecule has 2 rings (SSSR count). The highest BCUT2D eigenvalue weighted by Gasteiger charge is 2.62. The van der Waals surface area contributed by atoms with Crippen LogP contribution in [0.25, 0.3) is 0 Å². The van der Waals surface area contributed by atoms with Crippen molar-refractivity contribution in [2.24, 2.45) is 22.7 Å². The lowest BCUT2D eigenvalue weighted by atomic mass is 9.60. The molecule has 76 valence electrons. The summed E-state index contributed by atoms with van der Waals surface area (Å²) in [5.41, 5.74) is -0.00347. The van der Waals surface area contributed by atoms with Crippen molar-refractivity contribution >= 4 is 0 Å². The summed E-state index contributed by atoms with van der Waals surface area (Å²) in [4.78, 5) is 0. The fourth-order valence-corrected chi connectivity index (χ4v) is 3.89. The van der Waals surface area contributed by atoms with E-state index in [2.05, 4.69) is 13.8 Å². The summed E-state index contributed by atoms with van der Waals surface area (Å²) in [6, 6.07) is 0. The van der Waals surface area contributed by atoms with Crippen LogP contribution in [0, 0.1) is 22.7 Å². The van der Waals surface area contributed by atoms with Gasteiger partial charge >= 0.3 is 0 Å². The first-order chi connectivity index (χ1) is 6.09. The third-order valence-electron chi connectivity index (χ3n) is 5.12. The van der Waals surface area contributed by atoms with Gasteiger partial charge in [0.15, 0.2) is 0 Å². The van der Waals surface area contributed by atoms with Gasteiger partial charge in [-0.15, -0.1) is 0 Å². The van der Waals surface area contributed by atoms with E-state index in [1.807, 2.05) is 0 Å². The summed E-state index contributed by atoms with van der Waals surface area (Å²) in [5.74, 6) is 1.23. The lowest BCUT2D eigenvalue weighted by Gasteiger charge is -2.46. The van der Waals surface area contributed by atoms with Crippen LogP contribution in [0.3, 0.4) is 0 Å². The van der Waals surface area contributed by atoms with Crippen molar-refractivity contribution in [3.63, 3.8) is 0 Å². The van der Waals surface area contributed by atoms with Crippen LogP contribution in [0.15, 0.2) is 0 Å². The third-order valence-corrected chi connectivity index (χ3v) is 5.12. The maximum atomic E-state index is 9.51. The molecule has 2 aliphatic rings. The molecular formula is C11H20O2. The Bertz CT molecular complexity index is 210. The standard InChI is InChI=1S/C11H20O2/c1-8-9-3-4-10(2,5-9)11(8,6-12)7-13/h8-9,12-13H,3-7H2,1-2H3. The molecule has 13 heavy (non-hydrogen) atoms. The zero-order valence-electron chi connectivity index (χ0n) is 8.58. The number of hydrogen-bond donors (Lipinski definition) is 2. The molecule has 0 aromatic rings. The highest BCUT2D eigenvalue weighted by Crippen LogP contribution is 2.66. The number of fused-ring (bicyclic) bond motifs is 2. The second-order valence-corrected chi connectivity index (χ2v) is 5.32. The Labute approximate surface area is 80.0 Å². The van der Waals surface area contributed by atoms with Gasteiger partial charge in [0.25, 0.3) is 0 Å². The Morgan fingerprint density at radius 3 is 2.23 bits per heavy atom. The van der Waals surface area contributed by atoms with Gasteiger partial charge in [-0.3, -0.25) is 0 Å². The maximum absolute atomic E-state index is 9.51. The molecule has 2 N–H and O–H groups in total. The number of aliphatic hydroxyl groups is 2. The van der Waals surface area contributed by atoms with Crippen LogP contribution < -0.4 is 0 Å². The molecule has 2 saturated carbocycles. The summed E-state index contributed by atoms with van der Waals surface area (Å²) in [5, 5.41) is 19.0. The van der Waals surface area contributed by atoms with Crippen molar-refractivity contribution in [1.82, 2.24) is 0 Å². The molecule has 0 saturated heterocycles. The monoisotopic (exact) mass is 184 g/mol. The molecule has 0 radical (unpaired) electrons. The van der Waals surface area contributed by atoms with E-state index in [-0.39, 0.29) is 24.0 Å². The van der Waals surface area contributed by atoms with Crippen LogP contribution in [-0.2, 0) is 0 Å². The molecule has 2 fully saturated rings. The zero-order chi connectivity index (χ0) is 9.69. The van der Waals surface area contributed by atoms with Crippen molar-refractivity contribution in [3.8, 4) is 0 Å². The van der Waals surface area contributed by atoms with Gasteiger partial charge in [-0.1, -0.05) is 13.8 Å². The van der Waals surface area contributed by atoms with Crippen molar-refractivity contribution in [2.75, 3.05) is 13.2 Å². The minimum Gasteiger partial charge on any atom is -0.396 e. The Hall–Kier alpha value is -0.0800. The predicted molar refractivity (Wildman–Crippen MR) is 51.2 cm³/mol. The molecular weight excluding hydrogens is 164 g/mol. The average molecular weight is 184 g/mol. The zero-order valence-corrected chi connectivity index (χ0v) is 8.58. The summed E-state index contributed by atoms with van der Waals surface area (Å²) in [6.45, 7) is 4.74. The van der Waals surface area contributed by atoms with Crippen LogP contribution in [0.2, 0.25) is 0 Å². The summed E-state index contributed by atoms with van der Waals surface area (Å²) >= 11 is 0. The normalized spacial score (nSPS) is 47.1. The first kappa shape index (κ1) is 9.47. The molecule has 2 nitrogen and oxygen atoms in total. The molecule has 2 aliphatic carbocycles. The maximum Gasteiger partial charge on any atom is 0.0517 e. The Morgan fingerprint density at radius 2 is 1.92 bits per heavy atom. The molecule has 0 heterocycles. The van der Waals surface area contributed by atoms with E-state index in [9.17, 15) is 10.2 Å². The molecule has 0 aromatic carbocycles. The lowest BCUT2D eigenvalue weighted by molar-refractivity contribution is -0.0722. The van der Waals surface area contributed by atoms with Crippen LogP contribution >= 0.6 is 0 Å². The summed E-state index contributed by atoms with van der Waals surface area (Å²) < 4.78 is 0. The van der Waals surface area contributed by atoms with Crippen molar-refractivity contribution < 1.29 is 10.2 Å². The smallest absolute Gasteiger partial charge is 0.0517 e. The quantitative estimate of drug-likeness (QED) is 0.681. The molecule has 0 aliphatic heterocycles. The highest BCUT2D eigenvalue weighted by atomic mass is 16.3. The minimum absolute atomic E-state index is 0.150. The van der Waals surface area contributed by atoms with E-state index in [0.29, 0.717) is 5.92 Å². The van der Waals surface area contributed by atoms with E-state index in [1.54, 1.807) is 0 Å². The van der Waals surface area contributed by atoms with Crippen LogP contribution in [0.5, 0.6) is 0 Å². The lowest BCUT2D eigenvalue weighted by Crippen LogP contribution is -2.47. The minimum atomic E-state index is -0.198. The van der Waals surface area contributed by atoms with E-state index >= 15 is 0 Å². The van der Waals surface area contributed by atoms with Crippen LogP contribution in [0.1, 0.15) is 33.1 Å². The fourth-order valence-electron chi connectivity index (χ4n) is 3.89. The molecule has 2 heteroatoms. The van der Waals surface area contributed by atoms with Gasteiger partial charge in [0, 0.05) is 5.41 Å². The molecule has 0 spiro atoms. The second-order valence-electron chi connectivity index (χ2n) is 5.32. The second kappa shape index (κ2) is 2.71. The van der Waals surface area contributed by atoms with E-state index in [1.165, 1.54) is 19.3 Å². The SMILES string of the molecule is CC1C2CCC(C)(C2)C1(CO)CO. The Kier molecular flexibility index (Phi) is 1.97. The summed E-state index contributed by atoms with van der Waals surface area (Å²) in [7, 11) is 0. The van der Waals surface area contributed by atoms with Gasteiger partial charge in [0.1, 0.15) is 0 Å². The molecule has 3 atom stereocenters. The summed E-state index contributed by atoms with van der Waals surface area (Å²) in [6.07, 6.45) is 3.68. The van der Waals surface area contributed by atoms with Crippen molar-refractivity contribution in [2.45, 2.75) is 33.1 Å². The predicted octanol–water partition coefficient (Wildman–Crippen LogP) is 1.41. The molecule has 0 aromatic heterocycles. The van der Waals surface area contributed by atoms with Gasteiger partial charge in [-0.05, 0) is 36.5 Å². The molecule has 0 amide bonds. The largest absolute Gasteiger partial charge is 0.396 e. The van der Waals surface area contributed by atoms with Crippen molar-refractivity contribution in [1.29, 1.82) is 0 Å². The van der Waals surface area contributed by atoms with E-state index in [0.717, 1.165) is 5.92 Å². The van der Waals surface area contributed by atoms with Gasteiger partial charge in [-0.2, -0.15) is 0 Å². The topological polar surface area (TPSA) is 40.5 Å². The van der Waals surface area contributed by atoms with Crippen LogP contribution in [0.4, 0.5) is 0 Å². The van der Waals surface area contributed by atoms with Gasteiger partial charge < -0.3 is 10.2 Å².